The number of hydrogen-bond acceptors (Lipinski definition) is 6. The van der Waals surface area contributed by atoms with Crippen LogP contribution in [-0.2, 0) is 9.31 Å². The molecule has 0 aliphatic carbocycles. The molecule has 1 aromatic carbocycles. The number of nitrogens with one attached hydrogen (secondary N) is 1. The van der Waals surface area contributed by atoms with Crippen molar-refractivity contribution in [3.8, 4) is 5.75 Å². The highest BCUT2D eigenvalue weighted by Crippen LogP contribution is 2.41. The molecule has 0 atom stereocenters. The van der Waals surface area contributed by atoms with Gasteiger partial charge in [0.25, 0.3) is 0 Å². The van der Waals surface area contributed by atoms with Gasteiger partial charge in [0.2, 0.25) is 0 Å². The lowest BCUT2D eigenvalue weighted by atomic mass is 9.77. The van der Waals surface area contributed by atoms with Crippen molar-refractivity contribution < 1.29 is 14.0 Å². The lowest BCUT2D eigenvalue weighted by molar-refractivity contribution is 0.00578. The molecule has 132 valence electrons. The van der Waals surface area contributed by atoms with Crippen molar-refractivity contribution in [1.82, 2.24) is 4.90 Å². The van der Waals surface area contributed by atoms with E-state index in [9.17, 15) is 0 Å². The molecule has 1 N–H and O–H groups in total. The fourth-order valence-electron chi connectivity index (χ4n) is 3.10. The van der Waals surface area contributed by atoms with Gasteiger partial charge in [0.1, 0.15) is 24.5 Å². The average Bonchev–Trinajstić information content (AvgIpc) is 2.66. The molecule has 3 heterocycles. The lowest BCUT2D eigenvalue weighted by Gasteiger charge is -2.32. The first kappa shape index (κ1) is 16.8. The molecule has 0 unspecified atom stereocenters. The van der Waals surface area contributed by atoms with Gasteiger partial charge in [0.05, 0.1) is 27.5 Å². The van der Waals surface area contributed by atoms with Gasteiger partial charge in [-0.15, -0.1) is 0 Å². The fourth-order valence-corrected chi connectivity index (χ4v) is 3.41. The lowest BCUT2D eigenvalue weighted by Crippen LogP contribution is -2.41. The SMILES string of the molecule is CN1C=COc2cc(B3OC(C)(C)C(C)(C)O3)c(Cl)c3c2C1=NCN3. The molecule has 0 saturated carbocycles. The van der Waals surface area contributed by atoms with Crippen LogP contribution in [0.4, 0.5) is 5.69 Å². The molecule has 1 saturated heterocycles. The second-order valence-electron chi connectivity index (χ2n) is 7.45. The van der Waals surface area contributed by atoms with Crippen LogP contribution in [0.2, 0.25) is 5.02 Å². The topological polar surface area (TPSA) is 55.3 Å². The zero-order chi connectivity index (χ0) is 18.0. The molecule has 0 amide bonds. The standard InChI is InChI=1S/C17H21BClN3O3/c1-16(2)17(3,4)25-18(24-16)10-8-11-12-14(13(10)19)20-9-21-15(12)22(5)6-7-23-11/h6-8,20H,9H2,1-5H3. The van der Waals surface area contributed by atoms with Crippen LogP contribution in [-0.4, -0.2) is 42.8 Å². The van der Waals surface area contributed by atoms with Crippen molar-refractivity contribution in [2.75, 3.05) is 19.0 Å². The van der Waals surface area contributed by atoms with E-state index in [0.29, 0.717) is 17.4 Å². The number of nitrogens with zero attached hydrogens (tertiary/aromatic N) is 2. The number of benzene rings is 1. The van der Waals surface area contributed by atoms with Gasteiger partial charge in [-0.3, -0.25) is 0 Å². The Labute approximate surface area is 152 Å². The van der Waals surface area contributed by atoms with Gasteiger partial charge < -0.3 is 24.3 Å². The van der Waals surface area contributed by atoms with E-state index in [1.54, 1.807) is 6.26 Å². The Morgan fingerprint density at radius 3 is 2.60 bits per heavy atom. The minimum Gasteiger partial charge on any atom is -0.463 e. The third-order valence-corrected chi connectivity index (χ3v) is 5.69. The van der Waals surface area contributed by atoms with E-state index in [0.717, 1.165) is 22.5 Å². The largest absolute Gasteiger partial charge is 0.496 e. The van der Waals surface area contributed by atoms with Gasteiger partial charge >= 0.3 is 7.12 Å². The van der Waals surface area contributed by atoms with E-state index in [1.165, 1.54) is 0 Å². The molecule has 1 aromatic rings. The molecule has 0 bridgehead atoms. The Bertz CT molecular complexity index is 791. The maximum absolute atomic E-state index is 6.74. The highest BCUT2D eigenvalue weighted by atomic mass is 35.5. The summed E-state index contributed by atoms with van der Waals surface area (Å²) in [4.78, 5) is 6.45. The first-order valence-corrected chi connectivity index (χ1v) is 8.66. The highest BCUT2D eigenvalue weighted by Gasteiger charge is 2.52. The molecule has 0 aromatic heterocycles. The molecule has 0 spiro atoms. The van der Waals surface area contributed by atoms with Crippen LogP contribution in [0.3, 0.4) is 0 Å². The Hall–Kier alpha value is -1.70. The first-order valence-electron chi connectivity index (χ1n) is 8.28. The third kappa shape index (κ3) is 2.45. The Morgan fingerprint density at radius 2 is 1.92 bits per heavy atom. The van der Waals surface area contributed by atoms with E-state index in [2.05, 4.69) is 10.3 Å². The van der Waals surface area contributed by atoms with Crippen LogP contribution in [0.15, 0.2) is 23.5 Å². The number of anilines is 1. The highest BCUT2D eigenvalue weighted by molar-refractivity contribution is 6.66. The minimum absolute atomic E-state index is 0.438. The molecule has 1 fully saturated rings. The van der Waals surface area contributed by atoms with Crippen molar-refractivity contribution in [2.45, 2.75) is 38.9 Å². The van der Waals surface area contributed by atoms with Gasteiger partial charge in [0.15, 0.2) is 0 Å². The maximum Gasteiger partial charge on any atom is 0.496 e. The van der Waals surface area contributed by atoms with Crippen LogP contribution in [0.1, 0.15) is 33.3 Å². The Kier molecular flexibility index (Phi) is 3.62. The zero-order valence-corrected chi connectivity index (χ0v) is 15.8. The van der Waals surface area contributed by atoms with Gasteiger partial charge in [-0.2, -0.15) is 0 Å². The third-order valence-electron chi connectivity index (χ3n) is 5.28. The predicted molar refractivity (Wildman–Crippen MR) is 99.7 cm³/mol. The summed E-state index contributed by atoms with van der Waals surface area (Å²) in [5, 5.41) is 3.83. The molecule has 3 aliphatic heterocycles. The maximum atomic E-state index is 6.74. The summed E-state index contributed by atoms with van der Waals surface area (Å²) < 4.78 is 18.2. The summed E-state index contributed by atoms with van der Waals surface area (Å²) >= 11 is 6.74. The predicted octanol–water partition coefficient (Wildman–Crippen LogP) is 2.56. The van der Waals surface area contributed by atoms with E-state index in [1.807, 2.05) is 51.9 Å². The monoisotopic (exact) mass is 361 g/mol. The van der Waals surface area contributed by atoms with E-state index in [4.69, 9.17) is 25.6 Å². The summed E-state index contributed by atoms with van der Waals surface area (Å²) in [5.74, 6) is 1.50. The van der Waals surface area contributed by atoms with Gasteiger partial charge in [-0.25, -0.2) is 4.99 Å². The fraction of sp³-hybridized carbons (Fsp3) is 0.471. The number of rotatable bonds is 1. The van der Waals surface area contributed by atoms with Crippen molar-refractivity contribution >= 4 is 35.7 Å². The van der Waals surface area contributed by atoms with E-state index in [-0.39, 0.29) is 0 Å². The van der Waals surface area contributed by atoms with Crippen LogP contribution in [0.25, 0.3) is 0 Å². The van der Waals surface area contributed by atoms with Crippen LogP contribution >= 0.6 is 11.6 Å². The van der Waals surface area contributed by atoms with E-state index >= 15 is 0 Å². The van der Waals surface area contributed by atoms with Crippen molar-refractivity contribution in [2.24, 2.45) is 4.99 Å². The second-order valence-corrected chi connectivity index (χ2v) is 7.82. The number of halogens is 1. The zero-order valence-electron chi connectivity index (χ0n) is 15.0. The number of aliphatic imine (C=N–C) groups is 1. The molecule has 0 radical (unpaired) electrons. The number of hydrogen-bond donors (Lipinski definition) is 1. The summed E-state index contributed by atoms with van der Waals surface area (Å²) in [6, 6.07) is 1.88. The van der Waals surface area contributed by atoms with Gasteiger partial charge in [-0.1, -0.05) is 11.6 Å². The molecule has 8 heteroatoms. The summed E-state index contributed by atoms with van der Waals surface area (Å²) in [6.45, 7) is 8.53. The van der Waals surface area contributed by atoms with Crippen molar-refractivity contribution in [3.05, 3.63) is 29.1 Å². The molecule has 4 rings (SSSR count). The van der Waals surface area contributed by atoms with Crippen molar-refractivity contribution in [1.29, 1.82) is 0 Å². The van der Waals surface area contributed by atoms with Crippen molar-refractivity contribution in [3.63, 3.8) is 0 Å². The number of amidine groups is 1. The molecular weight excluding hydrogens is 340 g/mol. The minimum atomic E-state index is -0.559. The number of ether oxygens (including phenoxy) is 1. The Balaban J connectivity index is 1.85. The smallest absolute Gasteiger partial charge is 0.463 e. The molecule has 3 aliphatic rings. The van der Waals surface area contributed by atoms with Crippen LogP contribution in [0, 0.1) is 0 Å². The second kappa shape index (κ2) is 5.40. The Morgan fingerprint density at radius 1 is 1.24 bits per heavy atom. The van der Waals surface area contributed by atoms with Gasteiger partial charge in [-0.05, 0) is 33.8 Å². The van der Waals surface area contributed by atoms with Crippen LogP contribution < -0.4 is 15.5 Å². The summed E-state index contributed by atoms with van der Waals surface area (Å²) in [7, 11) is 1.37. The summed E-state index contributed by atoms with van der Waals surface area (Å²) in [6.07, 6.45) is 3.47. The average molecular weight is 362 g/mol. The first-order chi connectivity index (χ1) is 11.7. The normalized spacial score (nSPS) is 22.7. The van der Waals surface area contributed by atoms with Gasteiger partial charge in [0, 0.05) is 18.7 Å². The summed E-state index contributed by atoms with van der Waals surface area (Å²) in [5.41, 5.74) is 1.52. The molecular formula is C17H21BClN3O3. The van der Waals surface area contributed by atoms with Crippen LogP contribution in [0.5, 0.6) is 5.75 Å². The molecule has 6 nitrogen and oxygen atoms in total. The van der Waals surface area contributed by atoms with E-state index < -0.39 is 18.3 Å². The quantitative estimate of drug-likeness (QED) is 0.779. The molecule has 25 heavy (non-hydrogen) atoms.